The highest BCUT2D eigenvalue weighted by Gasteiger charge is 2.18. The molecule has 1 aromatic carbocycles. The van der Waals surface area contributed by atoms with E-state index >= 15 is 0 Å². The van der Waals surface area contributed by atoms with Crippen LogP contribution in [0.1, 0.15) is 54.0 Å². The van der Waals surface area contributed by atoms with Gasteiger partial charge in [0.05, 0.1) is 6.54 Å². The predicted molar refractivity (Wildman–Crippen MR) is 96.1 cm³/mol. The molecule has 0 aromatic heterocycles. The van der Waals surface area contributed by atoms with Crippen LogP contribution in [0.15, 0.2) is 24.3 Å². The summed E-state index contributed by atoms with van der Waals surface area (Å²) >= 11 is 0. The molecule has 5 nitrogen and oxygen atoms in total. The van der Waals surface area contributed by atoms with Gasteiger partial charge in [-0.15, -0.1) is 0 Å². The summed E-state index contributed by atoms with van der Waals surface area (Å²) < 4.78 is 5.63. The topological polar surface area (TPSA) is 67.4 Å². The average Bonchev–Trinajstić information content (AvgIpc) is 2.42. The number of hydrogen-bond donors (Lipinski definition) is 2. The summed E-state index contributed by atoms with van der Waals surface area (Å²) in [7, 11) is 0. The third-order valence-corrected chi connectivity index (χ3v) is 3.34. The van der Waals surface area contributed by atoms with E-state index in [-0.39, 0.29) is 29.3 Å². The van der Waals surface area contributed by atoms with E-state index in [1.165, 1.54) is 5.56 Å². The zero-order valence-corrected chi connectivity index (χ0v) is 15.8. The first-order valence-corrected chi connectivity index (χ1v) is 8.24. The predicted octanol–water partition coefficient (Wildman–Crippen LogP) is 2.78. The summed E-state index contributed by atoms with van der Waals surface area (Å²) in [4.78, 5) is 23.7. The first-order chi connectivity index (χ1) is 10.9. The molecule has 1 rings (SSSR count). The van der Waals surface area contributed by atoms with Crippen LogP contribution in [0.4, 0.5) is 0 Å². The summed E-state index contributed by atoms with van der Waals surface area (Å²) in [6.45, 7) is 13.7. The Morgan fingerprint density at radius 2 is 1.58 bits per heavy atom. The van der Waals surface area contributed by atoms with Crippen molar-refractivity contribution in [2.75, 3.05) is 6.54 Å². The standard InChI is InChI=1S/C19H30N2O3/c1-13(17(23)20-12-16(22)21-19(5,6)7)24-15-10-8-14(9-11-15)18(2,3)4/h8-11,13H,12H2,1-7H3,(H,20,23)(H,21,22). The summed E-state index contributed by atoms with van der Waals surface area (Å²) in [5, 5.41) is 5.37. The molecule has 0 aliphatic rings. The van der Waals surface area contributed by atoms with Crippen LogP contribution in [-0.4, -0.2) is 30.0 Å². The molecule has 134 valence electrons. The molecule has 0 aliphatic carbocycles. The number of amides is 2. The smallest absolute Gasteiger partial charge is 0.261 e. The normalized spacial score (nSPS) is 13.1. The molecule has 0 radical (unpaired) electrons. The quantitative estimate of drug-likeness (QED) is 0.870. The summed E-state index contributed by atoms with van der Waals surface area (Å²) in [6.07, 6.45) is -0.673. The van der Waals surface area contributed by atoms with Crippen LogP contribution in [0, 0.1) is 0 Å². The molecule has 0 bridgehead atoms. The Morgan fingerprint density at radius 1 is 1.04 bits per heavy atom. The van der Waals surface area contributed by atoms with Gasteiger partial charge >= 0.3 is 0 Å². The molecule has 2 amide bonds. The minimum Gasteiger partial charge on any atom is -0.481 e. The third-order valence-electron chi connectivity index (χ3n) is 3.34. The van der Waals surface area contributed by atoms with Gasteiger partial charge in [-0.1, -0.05) is 32.9 Å². The highest BCUT2D eigenvalue weighted by molar-refractivity contribution is 5.87. The molecular weight excluding hydrogens is 304 g/mol. The number of ether oxygens (including phenoxy) is 1. The first kappa shape index (κ1) is 20.0. The lowest BCUT2D eigenvalue weighted by atomic mass is 9.87. The van der Waals surface area contributed by atoms with Crippen molar-refractivity contribution < 1.29 is 14.3 Å². The molecule has 2 N–H and O–H groups in total. The Labute approximate surface area is 145 Å². The second-order valence-corrected chi connectivity index (χ2v) is 8.05. The van der Waals surface area contributed by atoms with Gasteiger partial charge in [0.25, 0.3) is 5.91 Å². The maximum absolute atomic E-state index is 12.0. The second-order valence-electron chi connectivity index (χ2n) is 8.05. The van der Waals surface area contributed by atoms with E-state index in [9.17, 15) is 9.59 Å². The Kier molecular flexibility index (Phi) is 6.41. The van der Waals surface area contributed by atoms with E-state index < -0.39 is 6.10 Å². The molecule has 24 heavy (non-hydrogen) atoms. The SMILES string of the molecule is CC(Oc1ccc(C(C)(C)C)cc1)C(=O)NCC(=O)NC(C)(C)C. The van der Waals surface area contributed by atoms with Crippen molar-refractivity contribution in [1.29, 1.82) is 0 Å². The van der Waals surface area contributed by atoms with Crippen molar-refractivity contribution in [3.8, 4) is 5.75 Å². The molecule has 0 aliphatic heterocycles. The minimum atomic E-state index is -0.673. The third kappa shape index (κ3) is 7.02. The molecule has 1 unspecified atom stereocenters. The van der Waals surface area contributed by atoms with Gasteiger partial charge in [0.1, 0.15) is 5.75 Å². The van der Waals surface area contributed by atoms with E-state index in [0.717, 1.165) is 0 Å². The Bertz CT molecular complexity index is 566. The lowest BCUT2D eigenvalue weighted by molar-refractivity contribution is -0.130. The van der Waals surface area contributed by atoms with Gasteiger partial charge in [-0.2, -0.15) is 0 Å². The van der Waals surface area contributed by atoms with Crippen molar-refractivity contribution in [2.45, 2.75) is 65.5 Å². The van der Waals surface area contributed by atoms with Gasteiger partial charge in [0.15, 0.2) is 6.10 Å². The monoisotopic (exact) mass is 334 g/mol. The van der Waals surface area contributed by atoms with Crippen LogP contribution < -0.4 is 15.4 Å². The van der Waals surface area contributed by atoms with Crippen LogP contribution in [0.3, 0.4) is 0 Å². The molecule has 0 spiro atoms. The number of rotatable bonds is 5. The maximum atomic E-state index is 12.0. The largest absolute Gasteiger partial charge is 0.481 e. The number of carbonyl (C=O) groups excluding carboxylic acids is 2. The van der Waals surface area contributed by atoms with Crippen LogP contribution in [0.5, 0.6) is 5.75 Å². The lowest BCUT2D eigenvalue weighted by Crippen LogP contribution is -2.47. The zero-order valence-electron chi connectivity index (χ0n) is 15.8. The van der Waals surface area contributed by atoms with E-state index in [0.29, 0.717) is 5.75 Å². The number of benzene rings is 1. The highest BCUT2D eigenvalue weighted by Crippen LogP contribution is 2.24. The summed E-state index contributed by atoms with van der Waals surface area (Å²) in [5.74, 6) is 0.0846. The van der Waals surface area contributed by atoms with Crippen molar-refractivity contribution in [3.63, 3.8) is 0 Å². The van der Waals surface area contributed by atoms with Gasteiger partial charge in [0.2, 0.25) is 5.91 Å². The van der Waals surface area contributed by atoms with Crippen molar-refractivity contribution in [2.24, 2.45) is 0 Å². The first-order valence-electron chi connectivity index (χ1n) is 8.24. The van der Waals surface area contributed by atoms with Gasteiger partial charge in [-0.05, 0) is 50.8 Å². The number of carbonyl (C=O) groups is 2. The molecule has 1 atom stereocenters. The van der Waals surface area contributed by atoms with E-state index in [1.807, 2.05) is 45.0 Å². The Morgan fingerprint density at radius 3 is 2.04 bits per heavy atom. The fraction of sp³-hybridized carbons (Fsp3) is 0.579. The zero-order chi connectivity index (χ0) is 18.5. The average molecular weight is 334 g/mol. The molecular formula is C19H30N2O3. The van der Waals surface area contributed by atoms with Crippen molar-refractivity contribution in [1.82, 2.24) is 10.6 Å². The molecule has 0 saturated carbocycles. The fourth-order valence-corrected chi connectivity index (χ4v) is 2.06. The van der Waals surface area contributed by atoms with Crippen LogP contribution >= 0.6 is 0 Å². The van der Waals surface area contributed by atoms with Crippen molar-refractivity contribution >= 4 is 11.8 Å². The summed E-state index contributed by atoms with van der Waals surface area (Å²) in [5.41, 5.74) is 0.950. The molecule has 0 fully saturated rings. The van der Waals surface area contributed by atoms with E-state index in [2.05, 4.69) is 31.4 Å². The second kappa shape index (κ2) is 7.69. The van der Waals surface area contributed by atoms with Gasteiger partial charge < -0.3 is 15.4 Å². The maximum Gasteiger partial charge on any atom is 0.261 e. The van der Waals surface area contributed by atoms with Gasteiger partial charge in [-0.3, -0.25) is 9.59 Å². The molecule has 1 aromatic rings. The van der Waals surface area contributed by atoms with Crippen LogP contribution in [-0.2, 0) is 15.0 Å². The minimum absolute atomic E-state index is 0.0627. The molecule has 0 saturated heterocycles. The molecule has 0 heterocycles. The highest BCUT2D eigenvalue weighted by atomic mass is 16.5. The van der Waals surface area contributed by atoms with E-state index in [4.69, 9.17) is 4.74 Å². The van der Waals surface area contributed by atoms with Crippen molar-refractivity contribution in [3.05, 3.63) is 29.8 Å². The van der Waals surface area contributed by atoms with Crippen LogP contribution in [0.25, 0.3) is 0 Å². The van der Waals surface area contributed by atoms with Gasteiger partial charge in [0, 0.05) is 5.54 Å². The summed E-state index contributed by atoms with van der Waals surface area (Å²) in [6, 6.07) is 7.71. The van der Waals surface area contributed by atoms with Gasteiger partial charge in [-0.25, -0.2) is 0 Å². The van der Waals surface area contributed by atoms with Crippen LogP contribution in [0.2, 0.25) is 0 Å². The number of hydrogen-bond acceptors (Lipinski definition) is 3. The number of nitrogens with one attached hydrogen (secondary N) is 2. The lowest BCUT2D eigenvalue weighted by Gasteiger charge is -2.21. The van der Waals surface area contributed by atoms with E-state index in [1.54, 1.807) is 6.92 Å². The Balaban J connectivity index is 2.51. The Hall–Kier alpha value is -2.04. The fourth-order valence-electron chi connectivity index (χ4n) is 2.06. The molecule has 5 heteroatoms.